The zero-order valence-electron chi connectivity index (χ0n) is 10.0. The minimum atomic E-state index is -0.849. The van der Waals surface area contributed by atoms with Crippen molar-refractivity contribution in [3.8, 4) is 0 Å². The highest BCUT2D eigenvalue weighted by molar-refractivity contribution is 5.80. The number of carboxylic acids is 1. The van der Waals surface area contributed by atoms with Crippen molar-refractivity contribution in [3.05, 3.63) is 0 Å². The Kier molecular flexibility index (Phi) is 4.77. The fourth-order valence-corrected chi connectivity index (χ4v) is 1.93. The summed E-state index contributed by atoms with van der Waals surface area (Å²) in [6, 6.07) is -0.212. The summed E-state index contributed by atoms with van der Waals surface area (Å²) in [5, 5.41) is 11.6. The van der Waals surface area contributed by atoms with Gasteiger partial charge in [-0.3, -0.25) is 9.59 Å². The van der Waals surface area contributed by atoms with E-state index in [4.69, 9.17) is 5.11 Å². The molecule has 2 atom stereocenters. The molecule has 92 valence electrons. The van der Waals surface area contributed by atoms with E-state index in [2.05, 4.69) is 5.32 Å². The number of aliphatic carboxylic acids is 1. The van der Waals surface area contributed by atoms with Crippen molar-refractivity contribution >= 4 is 11.9 Å². The Morgan fingerprint density at radius 3 is 2.50 bits per heavy atom. The van der Waals surface area contributed by atoms with Crippen molar-refractivity contribution in [1.82, 2.24) is 5.32 Å². The van der Waals surface area contributed by atoms with Gasteiger partial charge in [-0.2, -0.15) is 0 Å². The lowest BCUT2D eigenvalue weighted by Gasteiger charge is -2.19. The molecule has 2 N–H and O–H groups in total. The zero-order chi connectivity index (χ0) is 12.1. The van der Waals surface area contributed by atoms with E-state index in [0.717, 1.165) is 25.7 Å². The molecule has 0 aromatic rings. The molecule has 2 unspecified atom stereocenters. The normalized spacial score (nSPS) is 18.9. The van der Waals surface area contributed by atoms with E-state index in [9.17, 15) is 9.59 Å². The van der Waals surface area contributed by atoms with Crippen LogP contribution in [-0.2, 0) is 9.59 Å². The molecule has 0 aromatic carbocycles. The smallest absolute Gasteiger partial charge is 0.305 e. The monoisotopic (exact) mass is 227 g/mol. The highest BCUT2D eigenvalue weighted by Gasteiger charge is 2.33. The molecule has 1 aliphatic carbocycles. The van der Waals surface area contributed by atoms with E-state index in [-0.39, 0.29) is 24.3 Å². The Bertz CT molecular complexity index is 261. The molecule has 1 amide bonds. The molecule has 0 bridgehead atoms. The first-order chi connectivity index (χ1) is 7.54. The van der Waals surface area contributed by atoms with Gasteiger partial charge in [-0.25, -0.2) is 0 Å². The Hall–Kier alpha value is -1.06. The molecule has 0 spiro atoms. The number of nitrogens with one attached hydrogen (secondary N) is 1. The SMILES string of the molecule is CCCC(CC(=O)O)NC(=O)C(C)C1CC1. The van der Waals surface area contributed by atoms with Crippen molar-refractivity contribution in [2.75, 3.05) is 0 Å². The first kappa shape index (κ1) is 13.0. The summed E-state index contributed by atoms with van der Waals surface area (Å²) in [5.74, 6) is -0.278. The molecule has 1 rings (SSSR count). The minimum Gasteiger partial charge on any atom is -0.481 e. The third-order valence-electron chi connectivity index (χ3n) is 3.15. The fraction of sp³-hybridized carbons (Fsp3) is 0.833. The van der Waals surface area contributed by atoms with Gasteiger partial charge in [-0.05, 0) is 25.2 Å². The van der Waals surface area contributed by atoms with E-state index < -0.39 is 5.97 Å². The van der Waals surface area contributed by atoms with Gasteiger partial charge in [0.2, 0.25) is 5.91 Å². The molecule has 0 aliphatic heterocycles. The quantitative estimate of drug-likeness (QED) is 0.697. The van der Waals surface area contributed by atoms with Gasteiger partial charge in [-0.1, -0.05) is 20.3 Å². The van der Waals surface area contributed by atoms with Gasteiger partial charge in [0.05, 0.1) is 6.42 Å². The molecule has 4 nitrogen and oxygen atoms in total. The number of amides is 1. The first-order valence-electron chi connectivity index (χ1n) is 6.06. The minimum absolute atomic E-state index is 0.0159. The van der Waals surface area contributed by atoms with Crippen molar-refractivity contribution < 1.29 is 14.7 Å². The molecule has 16 heavy (non-hydrogen) atoms. The van der Waals surface area contributed by atoms with E-state index in [0.29, 0.717) is 5.92 Å². The summed E-state index contributed by atoms with van der Waals surface area (Å²) < 4.78 is 0. The van der Waals surface area contributed by atoms with Crippen LogP contribution in [0.1, 0.15) is 46.0 Å². The number of carbonyl (C=O) groups excluding carboxylic acids is 1. The Morgan fingerprint density at radius 2 is 2.06 bits per heavy atom. The largest absolute Gasteiger partial charge is 0.481 e. The maximum absolute atomic E-state index is 11.8. The third-order valence-corrected chi connectivity index (χ3v) is 3.15. The average molecular weight is 227 g/mol. The van der Waals surface area contributed by atoms with Gasteiger partial charge in [-0.15, -0.1) is 0 Å². The van der Waals surface area contributed by atoms with Gasteiger partial charge in [0, 0.05) is 12.0 Å². The molecule has 1 aliphatic rings. The molecule has 0 radical (unpaired) electrons. The van der Waals surface area contributed by atoms with Gasteiger partial charge in [0.15, 0.2) is 0 Å². The van der Waals surface area contributed by atoms with Gasteiger partial charge < -0.3 is 10.4 Å². The molecule has 0 heterocycles. The highest BCUT2D eigenvalue weighted by Crippen LogP contribution is 2.36. The lowest BCUT2D eigenvalue weighted by Crippen LogP contribution is -2.39. The molecule has 0 aromatic heterocycles. The van der Waals surface area contributed by atoms with Crippen LogP contribution in [0, 0.1) is 11.8 Å². The van der Waals surface area contributed by atoms with Crippen LogP contribution in [0.3, 0.4) is 0 Å². The van der Waals surface area contributed by atoms with Crippen LogP contribution in [0.2, 0.25) is 0 Å². The van der Waals surface area contributed by atoms with Crippen LogP contribution in [0.4, 0.5) is 0 Å². The predicted octanol–water partition coefficient (Wildman–Crippen LogP) is 1.79. The standard InChI is InChI=1S/C12H21NO3/c1-3-4-10(7-11(14)15)13-12(16)8(2)9-5-6-9/h8-10H,3-7H2,1-2H3,(H,13,16)(H,14,15). The summed E-state index contributed by atoms with van der Waals surface area (Å²) in [6.45, 7) is 3.92. The number of rotatable bonds is 7. The lowest BCUT2D eigenvalue weighted by molar-refractivity contribution is -0.137. The van der Waals surface area contributed by atoms with Crippen LogP contribution in [0.15, 0.2) is 0 Å². The van der Waals surface area contributed by atoms with Gasteiger partial charge in [0.25, 0.3) is 0 Å². The topological polar surface area (TPSA) is 66.4 Å². The van der Waals surface area contributed by atoms with Gasteiger partial charge >= 0.3 is 5.97 Å². The summed E-state index contributed by atoms with van der Waals surface area (Å²) in [7, 11) is 0. The van der Waals surface area contributed by atoms with Crippen molar-refractivity contribution in [3.63, 3.8) is 0 Å². The van der Waals surface area contributed by atoms with Gasteiger partial charge in [0.1, 0.15) is 0 Å². The zero-order valence-corrected chi connectivity index (χ0v) is 10.0. The Morgan fingerprint density at radius 1 is 1.44 bits per heavy atom. The maximum atomic E-state index is 11.8. The van der Waals surface area contributed by atoms with Crippen LogP contribution < -0.4 is 5.32 Å². The maximum Gasteiger partial charge on any atom is 0.305 e. The van der Waals surface area contributed by atoms with E-state index in [1.165, 1.54) is 0 Å². The van der Waals surface area contributed by atoms with Crippen LogP contribution in [0.5, 0.6) is 0 Å². The van der Waals surface area contributed by atoms with Crippen LogP contribution in [0.25, 0.3) is 0 Å². The third kappa shape index (κ3) is 4.21. The predicted molar refractivity (Wildman–Crippen MR) is 61.0 cm³/mol. The molecular formula is C12H21NO3. The fourth-order valence-electron chi connectivity index (χ4n) is 1.93. The molecular weight excluding hydrogens is 206 g/mol. The number of hydrogen-bond acceptors (Lipinski definition) is 2. The first-order valence-corrected chi connectivity index (χ1v) is 6.06. The number of carbonyl (C=O) groups is 2. The number of carboxylic acid groups (broad SMARTS) is 1. The van der Waals surface area contributed by atoms with Crippen molar-refractivity contribution in [2.45, 2.75) is 52.0 Å². The molecule has 1 fully saturated rings. The van der Waals surface area contributed by atoms with Crippen LogP contribution >= 0.6 is 0 Å². The van der Waals surface area contributed by atoms with Crippen LogP contribution in [-0.4, -0.2) is 23.0 Å². The van der Waals surface area contributed by atoms with Crippen molar-refractivity contribution in [2.24, 2.45) is 11.8 Å². The van der Waals surface area contributed by atoms with Crippen molar-refractivity contribution in [1.29, 1.82) is 0 Å². The second kappa shape index (κ2) is 5.87. The van der Waals surface area contributed by atoms with E-state index in [1.54, 1.807) is 0 Å². The molecule has 4 heteroatoms. The second-order valence-electron chi connectivity index (χ2n) is 4.72. The number of hydrogen-bond donors (Lipinski definition) is 2. The Balaban J connectivity index is 2.39. The van der Waals surface area contributed by atoms with E-state index in [1.807, 2.05) is 13.8 Å². The molecule has 0 saturated heterocycles. The highest BCUT2D eigenvalue weighted by atomic mass is 16.4. The van der Waals surface area contributed by atoms with E-state index >= 15 is 0 Å². The summed E-state index contributed by atoms with van der Waals surface area (Å²) in [4.78, 5) is 22.4. The summed E-state index contributed by atoms with van der Waals surface area (Å²) in [6.07, 6.45) is 3.90. The summed E-state index contributed by atoms with van der Waals surface area (Å²) >= 11 is 0. The lowest BCUT2D eigenvalue weighted by atomic mass is 10.0. The Labute approximate surface area is 96.4 Å². The summed E-state index contributed by atoms with van der Waals surface area (Å²) in [5.41, 5.74) is 0. The second-order valence-corrected chi connectivity index (χ2v) is 4.72. The molecule has 1 saturated carbocycles. The average Bonchev–Trinajstić information content (AvgIpc) is 2.99.